The van der Waals surface area contributed by atoms with Crippen molar-refractivity contribution in [2.24, 2.45) is 7.05 Å². The maximum atomic E-state index is 13.3. The number of fused-ring (bicyclic) bond motifs is 1. The lowest BCUT2D eigenvalue weighted by molar-refractivity contribution is -0.127. The summed E-state index contributed by atoms with van der Waals surface area (Å²) in [4.78, 5) is 25.2. The number of halogens is 1. The Morgan fingerprint density at radius 3 is 2.67 bits per heavy atom. The molecule has 4 rings (SSSR count). The van der Waals surface area contributed by atoms with Gasteiger partial charge in [-0.3, -0.25) is 9.59 Å². The molecule has 1 N–H and O–H groups in total. The van der Waals surface area contributed by atoms with Gasteiger partial charge in [0.1, 0.15) is 0 Å². The summed E-state index contributed by atoms with van der Waals surface area (Å²) in [7, 11) is 1.67. The molecule has 27 heavy (non-hydrogen) atoms. The number of carbonyl (C=O) groups excluding carboxylic acids is 1. The standard InChI is InChI=1S/C21H24ClN3O2/c1-25-19(26)13-14-12-17(8-9-18(14)24-25)23-20(27)21(10-2-3-11-21)15-4-6-16(22)7-5-15/h4-7,13,17H,2-3,8-12H2,1H3,(H,23,27)/t17-/m0/s1. The molecule has 1 heterocycles. The molecule has 5 nitrogen and oxygen atoms in total. The van der Waals surface area contributed by atoms with Gasteiger partial charge in [0, 0.05) is 24.2 Å². The van der Waals surface area contributed by atoms with Crippen LogP contribution >= 0.6 is 11.6 Å². The predicted molar refractivity (Wildman–Crippen MR) is 105 cm³/mol. The number of amides is 1. The molecule has 1 amide bonds. The molecule has 1 fully saturated rings. The van der Waals surface area contributed by atoms with Crippen LogP contribution in [0.1, 0.15) is 48.9 Å². The van der Waals surface area contributed by atoms with Crippen LogP contribution in [0.2, 0.25) is 5.02 Å². The molecule has 0 unspecified atom stereocenters. The first kappa shape index (κ1) is 18.2. The maximum Gasteiger partial charge on any atom is 0.266 e. The normalized spacial score (nSPS) is 20.9. The molecule has 2 aliphatic rings. The number of aryl methyl sites for hydroxylation is 2. The summed E-state index contributed by atoms with van der Waals surface area (Å²) in [6, 6.07) is 9.40. The van der Waals surface area contributed by atoms with Gasteiger partial charge in [0.15, 0.2) is 0 Å². The summed E-state index contributed by atoms with van der Waals surface area (Å²) < 4.78 is 1.38. The Hall–Kier alpha value is -2.14. The number of rotatable bonds is 3. The van der Waals surface area contributed by atoms with Gasteiger partial charge in [-0.05, 0) is 55.4 Å². The van der Waals surface area contributed by atoms with E-state index in [9.17, 15) is 9.59 Å². The van der Waals surface area contributed by atoms with Crippen molar-refractivity contribution >= 4 is 17.5 Å². The number of hydrogen-bond donors (Lipinski definition) is 1. The van der Waals surface area contributed by atoms with Crippen molar-refractivity contribution in [2.45, 2.75) is 56.4 Å². The van der Waals surface area contributed by atoms with Crippen LogP contribution in [0.3, 0.4) is 0 Å². The molecule has 2 aromatic rings. The van der Waals surface area contributed by atoms with Gasteiger partial charge in [-0.15, -0.1) is 0 Å². The van der Waals surface area contributed by atoms with Crippen LogP contribution in [-0.2, 0) is 30.1 Å². The molecule has 0 aliphatic heterocycles. The number of hydrogen-bond acceptors (Lipinski definition) is 3. The highest BCUT2D eigenvalue weighted by Gasteiger charge is 2.43. The van der Waals surface area contributed by atoms with Crippen molar-refractivity contribution < 1.29 is 4.79 Å². The molecule has 2 aliphatic carbocycles. The van der Waals surface area contributed by atoms with E-state index >= 15 is 0 Å². The minimum atomic E-state index is -0.462. The summed E-state index contributed by atoms with van der Waals surface area (Å²) in [5.74, 6) is 0.104. The summed E-state index contributed by atoms with van der Waals surface area (Å²) in [6.07, 6.45) is 6.15. The van der Waals surface area contributed by atoms with Crippen molar-refractivity contribution in [1.29, 1.82) is 0 Å². The summed E-state index contributed by atoms with van der Waals surface area (Å²) >= 11 is 6.04. The lowest BCUT2D eigenvalue weighted by atomic mass is 9.77. The van der Waals surface area contributed by atoms with E-state index in [4.69, 9.17) is 11.6 Å². The average molecular weight is 386 g/mol. The minimum Gasteiger partial charge on any atom is -0.352 e. The van der Waals surface area contributed by atoms with Crippen LogP contribution in [0.4, 0.5) is 0 Å². The van der Waals surface area contributed by atoms with Crippen molar-refractivity contribution in [1.82, 2.24) is 15.1 Å². The average Bonchev–Trinajstić information content (AvgIpc) is 3.15. The van der Waals surface area contributed by atoms with E-state index in [1.165, 1.54) is 4.68 Å². The smallest absolute Gasteiger partial charge is 0.266 e. The molecule has 6 heteroatoms. The van der Waals surface area contributed by atoms with Gasteiger partial charge >= 0.3 is 0 Å². The molecule has 0 saturated heterocycles. The van der Waals surface area contributed by atoms with Crippen LogP contribution in [0, 0.1) is 0 Å². The Bertz CT molecular complexity index is 914. The second kappa shape index (κ2) is 7.12. The molecule has 142 valence electrons. The van der Waals surface area contributed by atoms with Gasteiger partial charge < -0.3 is 5.32 Å². The summed E-state index contributed by atoms with van der Waals surface area (Å²) in [5, 5.41) is 8.32. The zero-order valence-electron chi connectivity index (χ0n) is 15.5. The molecule has 1 atom stereocenters. The van der Waals surface area contributed by atoms with Crippen LogP contribution in [0.25, 0.3) is 0 Å². The van der Waals surface area contributed by atoms with Crippen LogP contribution in [0.5, 0.6) is 0 Å². The quantitative estimate of drug-likeness (QED) is 0.883. The zero-order valence-corrected chi connectivity index (χ0v) is 16.3. The largest absolute Gasteiger partial charge is 0.352 e. The van der Waals surface area contributed by atoms with Gasteiger partial charge in [-0.25, -0.2) is 4.68 Å². The Morgan fingerprint density at radius 1 is 1.26 bits per heavy atom. The van der Waals surface area contributed by atoms with Crippen molar-refractivity contribution in [3.63, 3.8) is 0 Å². The molecule has 0 spiro atoms. The van der Waals surface area contributed by atoms with E-state index in [2.05, 4.69) is 10.4 Å². The van der Waals surface area contributed by atoms with E-state index in [0.717, 1.165) is 55.3 Å². The SMILES string of the molecule is Cn1nc2c(cc1=O)C[C@@H](NC(=O)C1(c3ccc(Cl)cc3)CCCC1)CC2. The molecule has 1 aromatic carbocycles. The van der Waals surface area contributed by atoms with Gasteiger partial charge in [0.2, 0.25) is 5.91 Å². The van der Waals surface area contributed by atoms with E-state index in [-0.39, 0.29) is 17.5 Å². The van der Waals surface area contributed by atoms with Gasteiger partial charge in [0.05, 0.1) is 11.1 Å². The third kappa shape index (κ3) is 3.41. The Balaban J connectivity index is 1.54. The van der Waals surface area contributed by atoms with Crippen LogP contribution in [-0.4, -0.2) is 21.7 Å². The first-order chi connectivity index (χ1) is 13.0. The Kier molecular flexibility index (Phi) is 4.81. The van der Waals surface area contributed by atoms with Crippen LogP contribution in [0.15, 0.2) is 35.1 Å². The second-order valence-electron chi connectivity index (χ2n) is 7.79. The highest BCUT2D eigenvalue weighted by molar-refractivity contribution is 6.30. The van der Waals surface area contributed by atoms with E-state index in [1.54, 1.807) is 13.1 Å². The summed E-state index contributed by atoms with van der Waals surface area (Å²) in [6.45, 7) is 0. The topological polar surface area (TPSA) is 64.0 Å². The molecule has 0 radical (unpaired) electrons. The third-order valence-corrected chi connectivity index (χ3v) is 6.33. The Labute approximate surface area is 163 Å². The second-order valence-corrected chi connectivity index (χ2v) is 8.22. The van der Waals surface area contributed by atoms with Crippen molar-refractivity contribution in [3.05, 3.63) is 62.5 Å². The summed E-state index contributed by atoms with van der Waals surface area (Å²) in [5.41, 5.74) is 2.41. The number of carbonyl (C=O) groups is 1. The molecule has 0 bridgehead atoms. The van der Waals surface area contributed by atoms with Crippen molar-refractivity contribution in [2.75, 3.05) is 0 Å². The first-order valence-electron chi connectivity index (χ1n) is 9.61. The minimum absolute atomic E-state index is 0.0451. The maximum absolute atomic E-state index is 13.3. The predicted octanol–water partition coefficient (Wildman–Crippen LogP) is 2.92. The molecule has 1 aromatic heterocycles. The third-order valence-electron chi connectivity index (χ3n) is 6.08. The lowest BCUT2D eigenvalue weighted by Crippen LogP contribution is -2.48. The highest BCUT2D eigenvalue weighted by atomic mass is 35.5. The highest BCUT2D eigenvalue weighted by Crippen LogP contribution is 2.42. The fourth-order valence-electron chi connectivity index (χ4n) is 4.53. The van der Waals surface area contributed by atoms with Crippen molar-refractivity contribution in [3.8, 4) is 0 Å². The number of benzene rings is 1. The van der Waals surface area contributed by atoms with Gasteiger partial charge in [-0.2, -0.15) is 5.10 Å². The van der Waals surface area contributed by atoms with E-state index in [0.29, 0.717) is 11.4 Å². The number of nitrogens with one attached hydrogen (secondary N) is 1. The van der Waals surface area contributed by atoms with Gasteiger partial charge in [0.25, 0.3) is 5.56 Å². The Morgan fingerprint density at radius 2 is 1.96 bits per heavy atom. The van der Waals surface area contributed by atoms with Crippen LogP contribution < -0.4 is 10.9 Å². The van der Waals surface area contributed by atoms with E-state index < -0.39 is 5.41 Å². The molecular weight excluding hydrogens is 362 g/mol. The van der Waals surface area contributed by atoms with Gasteiger partial charge in [-0.1, -0.05) is 36.6 Å². The molecular formula is C21H24ClN3O2. The lowest BCUT2D eigenvalue weighted by Gasteiger charge is -2.32. The number of nitrogens with zero attached hydrogens (tertiary/aromatic N) is 2. The number of aromatic nitrogens is 2. The zero-order chi connectivity index (χ0) is 19.0. The fraction of sp³-hybridized carbons (Fsp3) is 0.476. The first-order valence-corrected chi connectivity index (χ1v) is 9.99. The monoisotopic (exact) mass is 385 g/mol. The van der Waals surface area contributed by atoms with E-state index in [1.807, 2.05) is 24.3 Å². The molecule has 1 saturated carbocycles. The fourth-order valence-corrected chi connectivity index (χ4v) is 4.65.